The summed E-state index contributed by atoms with van der Waals surface area (Å²) in [6, 6.07) is 5.40. The zero-order valence-electron chi connectivity index (χ0n) is 14.5. The number of amides is 2. The Labute approximate surface area is 153 Å². The summed E-state index contributed by atoms with van der Waals surface area (Å²) in [6.07, 6.45) is 0. The quantitative estimate of drug-likeness (QED) is 0.614. The normalized spacial score (nSPS) is 10.3. The van der Waals surface area contributed by atoms with E-state index < -0.39 is 12.0 Å². The number of hydrogen-bond acceptors (Lipinski definition) is 6. The minimum atomic E-state index is -0.720. The van der Waals surface area contributed by atoms with Crippen molar-refractivity contribution in [1.29, 1.82) is 0 Å². The summed E-state index contributed by atoms with van der Waals surface area (Å²) < 4.78 is 18.1. The van der Waals surface area contributed by atoms with Crippen LogP contribution in [0.4, 0.5) is 14.3 Å². The number of hydrogen-bond donors (Lipinski definition) is 1. The SMILES string of the molecule is CCOC(=O)c1nc(NC(=O)N(C)Cc2cccc(F)c2)sc1C(C)=O. The standard InChI is InChI=1S/C17H18FN3O4S/c1-4-25-15(23)13-14(10(2)22)26-16(19-13)20-17(24)21(3)9-11-6-5-7-12(18)8-11/h5-8H,4,9H2,1-3H3,(H,19,20,24). The van der Waals surface area contributed by atoms with E-state index in [0.29, 0.717) is 5.56 Å². The molecular weight excluding hydrogens is 361 g/mol. The minimum Gasteiger partial charge on any atom is -0.461 e. The zero-order valence-corrected chi connectivity index (χ0v) is 15.4. The Morgan fingerprint density at radius 2 is 2.08 bits per heavy atom. The molecule has 0 saturated heterocycles. The van der Waals surface area contributed by atoms with Crippen molar-refractivity contribution in [2.75, 3.05) is 19.0 Å². The molecule has 0 aliphatic carbocycles. The molecule has 0 atom stereocenters. The summed E-state index contributed by atoms with van der Waals surface area (Å²) in [6.45, 7) is 3.27. The van der Waals surface area contributed by atoms with Gasteiger partial charge in [0.05, 0.1) is 6.61 Å². The highest BCUT2D eigenvalue weighted by Crippen LogP contribution is 2.24. The summed E-state index contributed by atoms with van der Waals surface area (Å²) >= 11 is 0.896. The highest BCUT2D eigenvalue weighted by atomic mass is 32.1. The molecule has 0 fully saturated rings. The Bertz CT molecular complexity index is 837. The van der Waals surface area contributed by atoms with Crippen molar-refractivity contribution in [3.8, 4) is 0 Å². The van der Waals surface area contributed by atoms with Crippen LogP contribution in [0, 0.1) is 5.82 Å². The summed E-state index contributed by atoms with van der Waals surface area (Å²) in [4.78, 5) is 41.3. The number of ketones is 1. The molecule has 7 nitrogen and oxygen atoms in total. The lowest BCUT2D eigenvalue weighted by molar-refractivity contribution is 0.0517. The van der Waals surface area contributed by atoms with Gasteiger partial charge in [0.15, 0.2) is 16.6 Å². The number of urea groups is 1. The minimum absolute atomic E-state index is 0.106. The van der Waals surface area contributed by atoms with Gasteiger partial charge in [-0.3, -0.25) is 10.1 Å². The molecule has 0 aliphatic heterocycles. The fraction of sp³-hybridized carbons (Fsp3) is 0.294. The molecule has 0 unspecified atom stereocenters. The maximum absolute atomic E-state index is 13.2. The maximum Gasteiger partial charge on any atom is 0.358 e. The van der Waals surface area contributed by atoms with Gasteiger partial charge in [0.1, 0.15) is 10.7 Å². The number of nitrogens with one attached hydrogen (secondary N) is 1. The Morgan fingerprint density at radius 3 is 2.69 bits per heavy atom. The number of rotatable bonds is 6. The van der Waals surface area contributed by atoms with Crippen LogP contribution in [0.25, 0.3) is 0 Å². The summed E-state index contributed by atoms with van der Waals surface area (Å²) in [7, 11) is 1.53. The largest absolute Gasteiger partial charge is 0.461 e. The number of carbonyl (C=O) groups excluding carboxylic acids is 3. The van der Waals surface area contributed by atoms with Crippen LogP contribution in [0.15, 0.2) is 24.3 Å². The van der Waals surface area contributed by atoms with Gasteiger partial charge in [-0.15, -0.1) is 0 Å². The second-order valence-corrected chi connectivity index (χ2v) is 6.39. The van der Waals surface area contributed by atoms with Crippen LogP contribution in [0.5, 0.6) is 0 Å². The first-order chi connectivity index (χ1) is 12.3. The van der Waals surface area contributed by atoms with E-state index in [-0.39, 0.29) is 40.5 Å². The van der Waals surface area contributed by atoms with Crippen molar-refractivity contribution in [3.63, 3.8) is 0 Å². The number of thiazole rings is 1. The van der Waals surface area contributed by atoms with Gasteiger partial charge in [0, 0.05) is 20.5 Å². The molecule has 2 rings (SSSR count). The Morgan fingerprint density at radius 1 is 1.35 bits per heavy atom. The van der Waals surface area contributed by atoms with Crippen LogP contribution in [-0.4, -0.2) is 41.3 Å². The maximum atomic E-state index is 13.2. The molecule has 9 heteroatoms. The number of benzene rings is 1. The number of ether oxygens (including phenoxy) is 1. The molecule has 138 valence electrons. The van der Waals surface area contributed by atoms with E-state index in [9.17, 15) is 18.8 Å². The van der Waals surface area contributed by atoms with E-state index in [0.717, 1.165) is 11.3 Å². The van der Waals surface area contributed by atoms with E-state index in [1.807, 2.05) is 0 Å². The predicted molar refractivity (Wildman–Crippen MR) is 95.0 cm³/mol. The fourth-order valence-corrected chi connectivity index (χ4v) is 2.96. The predicted octanol–water partition coefficient (Wildman–Crippen LogP) is 3.33. The third-order valence-corrected chi connectivity index (χ3v) is 4.36. The Balaban J connectivity index is 2.11. The molecule has 0 spiro atoms. The first-order valence-electron chi connectivity index (χ1n) is 7.77. The first-order valence-corrected chi connectivity index (χ1v) is 8.59. The number of esters is 1. The number of halogens is 1. The van der Waals surface area contributed by atoms with Crippen LogP contribution >= 0.6 is 11.3 Å². The summed E-state index contributed by atoms with van der Waals surface area (Å²) in [5, 5.41) is 2.64. The summed E-state index contributed by atoms with van der Waals surface area (Å²) in [5.74, 6) is -1.46. The van der Waals surface area contributed by atoms with Crippen molar-refractivity contribution in [3.05, 3.63) is 46.2 Å². The van der Waals surface area contributed by atoms with E-state index in [2.05, 4.69) is 10.3 Å². The van der Waals surface area contributed by atoms with Gasteiger partial charge in [0.2, 0.25) is 0 Å². The van der Waals surface area contributed by atoms with Crippen LogP contribution in [0.2, 0.25) is 0 Å². The number of carbonyl (C=O) groups is 3. The zero-order chi connectivity index (χ0) is 19.3. The lowest BCUT2D eigenvalue weighted by Crippen LogP contribution is -2.30. The number of Topliss-reactive ketones (excluding diaryl/α,β-unsaturated/α-hetero) is 1. The van der Waals surface area contributed by atoms with Crippen LogP contribution in [0.1, 0.15) is 39.6 Å². The van der Waals surface area contributed by atoms with Crippen molar-refractivity contribution in [2.24, 2.45) is 0 Å². The van der Waals surface area contributed by atoms with Crippen molar-refractivity contribution < 1.29 is 23.5 Å². The molecule has 1 aromatic heterocycles. The number of anilines is 1. The fourth-order valence-electron chi connectivity index (χ4n) is 2.12. The van der Waals surface area contributed by atoms with Crippen LogP contribution < -0.4 is 5.32 Å². The molecule has 0 aliphatic rings. The van der Waals surface area contributed by atoms with E-state index in [1.165, 1.54) is 31.0 Å². The number of nitrogens with zero attached hydrogens (tertiary/aromatic N) is 2. The van der Waals surface area contributed by atoms with Gasteiger partial charge in [-0.1, -0.05) is 23.5 Å². The molecule has 0 radical (unpaired) electrons. The highest BCUT2D eigenvalue weighted by molar-refractivity contribution is 7.18. The molecule has 0 saturated carbocycles. The first kappa shape index (κ1) is 19.5. The van der Waals surface area contributed by atoms with Gasteiger partial charge in [-0.25, -0.2) is 19.0 Å². The van der Waals surface area contributed by atoms with E-state index in [1.54, 1.807) is 19.1 Å². The highest BCUT2D eigenvalue weighted by Gasteiger charge is 2.23. The molecular formula is C17H18FN3O4S. The molecule has 26 heavy (non-hydrogen) atoms. The molecule has 2 amide bonds. The second kappa shape index (κ2) is 8.52. The van der Waals surface area contributed by atoms with Crippen LogP contribution in [0.3, 0.4) is 0 Å². The Hall–Kier alpha value is -2.81. The monoisotopic (exact) mass is 379 g/mol. The molecule has 1 N–H and O–H groups in total. The lowest BCUT2D eigenvalue weighted by Gasteiger charge is -2.17. The smallest absolute Gasteiger partial charge is 0.358 e. The molecule has 2 aromatic rings. The lowest BCUT2D eigenvalue weighted by atomic mass is 10.2. The average Bonchev–Trinajstić information content (AvgIpc) is 2.99. The van der Waals surface area contributed by atoms with Crippen molar-refractivity contribution >= 4 is 34.3 Å². The molecule has 1 heterocycles. The third kappa shape index (κ3) is 4.85. The van der Waals surface area contributed by atoms with E-state index in [4.69, 9.17) is 4.74 Å². The van der Waals surface area contributed by atoms with Gasteiger partial charge in [-0.2, -0.15) is 0 Å². The van der Waals surface area contributed by atoms with Gasteiger partial charge < -0.3 is 9.64 Å². The van der Waals surface area contributed by atoms with Crippen LogP contribution in [-0.2, 0) is 11.3 Å². The topological polar surface area (TPSA) is 88.6 Å². The van der Waals surface area contributed by atoms with Crippen molar-refractivity contribution in [1.82, 2.24) is 9.88 Å². The number of aromatic nitrogens is 1. The second-order valence-electron chi connectivity index (χ2n) is 5.39. The van der Waals surface area contributed by atoms with Gasteiger partial charge in [0.25, 0.3) is 0 Å². The molecule has 0 bridgehead atoms. The van der Waals surface area contributed by atoms with E-state index >= 15 is 0 Å². The average molecular weight is 379 g/mol. The Kier molecular flexibility index (Phi) is 6.40. The molecule has 1 aromatic carbocycles. The third-order valence-electron chi connectivity index (χ3n) is 3.29. The van der Waals surface area contributed by atoms with Gasteiger partial charge in [-0.05, 0) is 24.6 Å². The summed E-state index contributed by atoms with van der Waals surface area (Å²) in [5.41, 5.74) is 0.505. The van der Waals surface area contributed by atoms with Gasteiger partial charge >= 0.3 is 12.0 Å². The van der Waals surface area contributed by atoms with Crippen molar-refractivity contribution in [2.45, 2.75) is 20.4 Å².